The van der Waals surface area contributed by atoms with Crippen LogP contribution in [0.3, 0.4) is 0 Å². The Morgan fingerprint density at radius 2 is 1.65 bits per heavy atom. The molecule has 0 aliphatic rings. The maximum Gasteiger partial charge on any atom is 0.258 e. The molecule has 3 aromatic rings. The summed E-state index contributed by atoms with van der Waals surface area (Å²) in [6.45, 7) is 0. The van der Waals surface area contributed by atoms with Gasteiger partial charge in [0.2, 0.25) is 5.82 Å². The summed E-state index contributed by atoms with van der Waals surface area (Å²) in [7, 11) is 0. The molecule has 0 saturated carbocycles. The summed E-state index contributed by atoms with van der Waals surface area (Å²) in [5.41, 5.74) is 1.63. The first-order valence-corrected chi connectivity index (χ1v) is 5.08. The second kappa shape index (κ2) is 4.13. The molecule has 0 spiro atoms. The average Bonchev–Trinajstić information content (AvgIpc) is 2.90. The monoisotopic (exact) mass is 224 g/mol. The molecule has 0 aliphatic carbocycles. The maximum atomic E-state index is 5.19. The van der Waals surface area contributed by atoms with E-state index in [4.69, 9.17) is 4.52 Å². The lowest BCUT2D eigenvalue weighted by Gasteiger charge is -1.91. The lowest BCUT2D eigenvalue weighted by Crippen LogP contribution is -1.84. The van der Waals surface area contributed by atoms with Crippen LogP contribution in [0.15, 0.2) is 53.6 Å². The van der Waals surface area contributed by atoms with Gasteiger partial charge in [0.25, 0.3) is 5.89 Å². The fourth-order valence-electron chi connectivity index (χ4n) is 1.45. The predicted molar refractivity (Wildman–Crippen MR) is 60.8 cm³/mol. The van der Waals surface area contributed by atoms with Crippen molar-refractivity contribution >= 4 is 0 Å². The van der Waals surface area contributed by atoms with E-state index < -0.39 is 0 Å². The van der Waals surface area contributed by atoms with Crippen LogP contribution in [-0.4, -0.2) is 20.1 Å². The number of aromatic nitrogens is 4. The zero-order chi connectivity index (χ0) is 11.5. The Balaban J connectivity index is 1.99. The second-order valence-corrected chi connectivity index (χ2v) is 3.42. The van der Waals surface area contributed by atoms with E-state index in [1.54, 1.807) is 12.4 Å². The summed E-state index contributed by atoms with van der Waals surface area (Å²) >= 11 is 0. The molecule has 5 heteroatoms. The predicted octanol–water partition coefficient (Wildman–Crippen LogP) is 2.19. The van der Waals surface area contributed by atoms with Crippen molar-refractivity contribution in [3.05, 3.63) is 49.1 Å². The van der Waals surface area contributed by atoms with Crippen LogP contribution in [-0.2, 0) is 0 Å². The van der Waals surface area contributed by atoms with Gasteiger partial charge < -0.3 is 4.52 Å². The summed E-state index contributed by atoms with van der Waals surface area (Å²) in [5, 5.41) is 3.90. The van der Waals surface area contributed by atoms with Gasteiger partial charge in [0.15, 0.2) is 0 Å². The quantitative estimate of drug-likeness (QED) is 0.667. The molecule has 0 aliphatic heterocycles. The molecule has 0 atom stereocenters. The summed E-state index contributed by atoms with van der Waals surface area (Å²) in [5.74, 6) is 0.980. The van der Waals surface area contributed by atoms with Crippen molar-refractivity contribution < 1.29 is 4.52 Å². The van der Waals surface area contributed by atoms with E-state index in [0.29, 0.717) is 11.7 Å². The Kier molecular flexibility index (Phi) is 2.34. The van der Waals surface area contributed by atoms with Crippen LogP contribution >= 0.6 is 0 Å². The van der Waals surface area contributed by atoms with Crippen LogP contribution in [0.4, 0.5) is 0 Å². The van der Waals surface area contributed by atoms with Crippen molar-refractivity contribution in [1.82, 2.24) is 20.1 Å². The van der Waals surface area contributed by atoms with Crippen LogP contribution in [0.1, 0.15) is 0 Å². The lowest BCUT2D eigenvalue weighted by molar-refractivity contribution is 0.432. The van der Waals surface area contributed by atoms with Crippen molar-refractivity contribution in [3.8, 4) is 22.8 Å². The number of hydrogen-bond acceptors (Lipinski definition) is 5. The minimum absolute atomic E-state index is 0.490. The third-order valence-corrected chi connectivity index (χ3v) is 2.27. The van der Waals surface area contributed by atoms with E-state index in [9.17, 15) is 0 Å². The molecule has 0 saturated heterocycles. The smallest absolute Gasteiger partial charge is 0.258 e. The van der Waals surface area contributed by atoms with Crippen LogP contribution in [0.5, 0.6) is 0 Å². The van der Waals surface area contributed by atoms with Crippen LogP contribution in [0.2, 0.25) is 0 Å². The molecule has 2 heterocycles. The number of hydrogen-bond donors (Lipinski definition) is 0. The van der Waals surface area contributed by atoms with Gasteiger partial charge in [-0.2, -0.15) is 4.98 Å². The first-order chi connectivity index (χ1) is 8.43. The van der Waals surface area contributed by atoms with Crippen molar-refractivity contribution in [2.24, 2.45) is 0 Å². The van der Waals surface area contributed by atoms with Crippen molar-refractivity contribution in [1.29, 1.82) is 0 Å². The third-order valence-electron chi connectivity index (χ3n) is 2.27. The number of nitrogens with zero attached hydrogens (tertiary/aromatic N) is 4. The Morgan fingerprint density at radius 1 is 0.882 bits per heavy atom. The Bertz CT molecular complexity index is 553. The number of rotatable bonds is 2. The molecule has 0 amide bonds. The molecule has 3 rings (SSSR count). The second-order valence-electron chi connectivity index (χ2n) is 3.42. The van der Waals surface area contributed by atoms with Gasteiger partial charge in [-0.25, -0.2) is 9.97 Å². The Labute approximate surface area is 97.2 Å². The highest BCUT2D eigenvalue weighted by atomic mass is 16.5. The fraction of sp³-hybridized carbons (Fsp3) is 0. The van der Waals surface area contributed by atoms with Crippen molar-refractivity contribution in [2.45, 2.75) is 0 Å². The summed E-state index contributed by atoms with van der Waals surface area (Å²) in [4.78, 5) is 12.1. The van der Waals surface area contributed by atoms with Gasteiger partial charge in [-0.3, -0.25) is 0 Å². The Morgan fingerprint density at radius 3 is 2.41 bits per heavy atom. The standard InChI is InChI=1S/C12H8N4O/c1-2-4-9(5-3-1)12-15-11(16-17-12)10-6-13-8-14-7-10/h1-8H. The number of benzene rings is 1. The molecule has 2 aromatic heterocycles. The SMILES string of the molecule is c1ccc(-c2nc(-c3cncnc3)no2)cc1. The largest absolute Gasteiger partial charge is 0.334 e. The van der Waals surface area contributed by atoms with Gasteiger partial charge in [-0.05, 0) is 12.1 Å². The molecule has 0 fully saturated rings. The molecular weight excluding hydrogens is 216 g/mol. The normalized spacial score (nSPS) is 10.4. The highest BCUT2D eigenvalue weighted by molar-refractivity contribution is 5.58. The fourth-order valence-corrected chi connectivity index (χ4v) is 1.45. The molecule has 0 bridgehead atoms. The highest BCUT2D eigenvalue weighted by Crippen LogP contribution is 2.20. The van der Waals surface area contributed by atoms with Crippen molar-refractivity contribution in [3.63, 3.8) is 0 Å². The van der Waals surface area contributed by atoms with Gasteiger partial charge in [0.05, 0.1) is 5.56 Å². The van der Waals surface area contributed by atoms with E-state index >= 15 is 0 Å². The summed E-state index contributed by atoms with van der Waals surface area (Å²) in [6.07, 6.45) is 4.75. The highest BCUT2D eigenvalue weighted by Gasteiger charge is 2.09. The maximum absolute atomic E-state index is 5.19. The average molecular weight is 224 g/mol. The van der Waals surface area contributed by atoms with E-state index in [2.05, 4.69) is 20.1 Å². The van der Waals surface area contributed by atoms with Gasteiger partial charge in [-0.1, -0.05) is 23.4 Å². The summed E-state index contributed by atoms with van der Waals surface area (Å²) in [6, 6.07) is 9.61. The molecule has 82 valence electrons. The molecule has 0 radical (unpaired) electrons. The van der Waals surface area contributed by atoms with E-state index in [1.165, 1.54) is 6.33 Å². The minimum atomic E-state index is 0.490. The van der Waals surface area contributed by atoms with Gasteiger partial charge in [-0.15, -0.1) is 0 Å². The van der Waals surface area contributed by atoms with Crippen molar-refractivity contribution in [2.75, 3.05) is 0 Å². The van der Waals surface area contributed by atoms with Gasteiger partial charge in [0, 0.05) is 18.0 Å². The first kappa shape index (κ1) is 9.65. The zero-order valence-electron chi connectivity index (χ0n) is 8.82. The summed E-state index contributed by atoms with van der Waals surface area (Å²) < 4.78 is 5.19. The van der Waals surface area contributed by atoms with E-state index in [0.717, 1.165) is 11.1 Å². The van der Waals surface area contributed by atoms with Crippen LogP contribution in [0.25, 0.3) is 22.8 Å². The van der Waals surface area contributed by atoms with Gasteiger partial charge in [0.1, 0.15) is 6.33 Å². The molecule has 0 N–H and O–H groups in total. The zero-order valence-corrected chi connectivity index (χ0v) is 8.82. The molecular formula is C12H8N4O. The van der Waals surface area contributed by atoms with Crippen LogP contribution in [0, 0.1) is 0 Å². The molecule has 5 nitrogen and oxygen atoms in total. The van der Waals surface area contributed by atoms with E-state index in [1.807, 2.05) is 30.3 Å². The first-order valence-electron chi connectivity index (χ1n) is 5.08. The Hall–Kier alpha value is -2.56. The topological polar surface area (TPSA) is 64.7 Å². The van der Waals surface area contributed by atoms with Crippen LogP contribution < -0.4 is 0 Å². The molecule has 1 aromatic carbocycles. The minimum Gasteiger partial charge on any atom is -0.334 e. The van der Waals surface area contributed by atoms with E-state index in [-0.39, 0.29) is 0 Å². The molecule has 17 heavy (non-hydrogen) atoms. The molecule has 0 unspecified atom stereocenters. The lowest BCUT2D eigenvalue weighted by atomic mass is 10.2. The van der Waals surface area contributed by atoms with Gasteiger partial charge >= 0.3 is 0 Å². The third kappa shape index (κ3) is 1.90.